The summed E-state index contributed by atoms with van der Waals surface area (Å²) in [5.74, 6) is 0.131. The van der Waals surface area contributed by atoms with Crippen LogP contribution in [0.5, 0.6) is 0 Å². The Balaban J connectivity index is 1.72. The molecule has 0 atom stereocenters. The van der Waals surface area contributed by atoms with Crippen LogP contribution in [0.2, 0.25) is 0 Å². The van der Waals surface area contributed by atoms with Gasteiger partial charge in [-0.2, -0.15) is 4.31 Å². The Morgan fingerprint density at radius 3 is 1.85 bits per heavy atom. The lowest BCUT2D eigenvalue weighted by molar-refractivity contribution is 0.309. The molecule has 1 aliphatic heterocycles. The van der Waals surface area contributed by atoms with E-state index in [0.29, 0.717) is 0 Å². The van der Waals surface area contributed by atoms with E-state index in [1.165, 1.54) is 4.31 Å². The minimum atomic E-state index is -3.66. The Kier molecular flexibility index (Phi) is 5.47. The molecule has 2 aromatic carbocycles. The maximum absolute atomic E-state index is 12.7. The lowest BCUT2D eigenvalue weighted by atomic mass is 10.0. The summed E-state index contributed by atoms with van der Waals surface area (Å²) in [4.78, 5) is 0.193. The van der Waals surface area contributed by atoms with Crippen molar-refractivity contribution in [3.63, 3.8) is 0 Å². The molecule has 1 aliphatic rings. The smallest absolute Gasteiger partial charge is 0.228 e. The van der Waals surface area contributed by atoms with Gasteiger partial charge in [0.05, 0.1) is 15.9 Å². The van der Waals surface area contributed by atoms with E-state index in [4.69, 9.17) is 0 Å². The summed E-state index contributed by atoms with van der Waals surface area (Å²) < 4.78 is 51.2. The number of nitrogens with zero attached hydrogens (tertiary/aromatic N) is 1. The number of sulfone groups is 1. The summed E-state index contributed by atoms with van der Waals surface area (Å²) in [6.45, 7) is 5.79. The molecule has 0 radical (unpaired) electrons. The van der Waals surface area contributed by atoms with Gasteiger partial charge < -0.3 is 0 Å². The van der Waals surface area contributed by atoms with E-state index in [-0.39, 0.29) is 29.7 Å². The Labute approximate surface area is 162 Å². The first-order chi connectivity index (χ1) is 12.6. The third-order valence-electron chi connectivity index (χ3n) is 4.77. The minimum Gasteiger partial charge on any atom is -0.228 e. The second-order valence-electron chi connectivity index (χ2n) is 7.56. The number of hydrogen-bond acceptors (Lipinski definition) is 4. The summed E-state index contributed by atoms with van der Waals surface area (Å²) in [6, 6.07) is 14.8. The number of aryl methyl sites for hydroxylation is 1. The molecule has 27 heavy (non-hydrogen) atoms. The van der Waals surface area contributed by atoms with Crippen molar-refractivity contribution in [2.24, 2.45) is 5.92 Å². The highest BCUT2D eigenvalue weighted by molar-refractivity contribution is 7.92. The zero-order valence-electron chi connectivity index (χ0n) is 15.8. The van der Waals surface area contributed by atoms with E-state index < -0.39 is 25.1 Å². The molecule has 0 amide bonds. The van der Waals surface area contributed by atoms with Crippen molar-refractivity contribution in [1.29, 1.82) is 0 Å². The molecular weight excluding hydrogens is 382 g/mol. The van der Waals surface area contributed by atoms with Gasteiger partial charge in [0, 0.05) is 13.1 Å². The molecule has 0 unspecified atom stereocenters. The molecule has 0 bridgehead atoms. The van der Waals surface area contributed by atoms with Crippen LogP contribution in [0.1, 0.15) is 19.4 Å². The Morgan fingerprint density at radius 2 is 1.37 bits per heavy atom. The van der Waals surface area contributed by atoms with Gasteiger partial charge in [0.2, 0.25) is 10.0 Å². The molecule has 1 heterocycles. The molecule has 1 saturated heterocycles. The van der Waals surface area contributed by atoms with Crippen LogP contribution in [0.3, 0.4) is 0 Å². The van der Waals surface area contributed by atoms with Gasteiger partial charge in [0.25, 0.3) is 0 Å². The quantitative estimate of drug-likeness (QED) is 0.738. The molecule has 7 heteroatoms. The molecule has 146 valence electrons. The van der Waals surface area contributed by atoms with Crippen molar-refractivity contribution in [3.8, 4) is 11.1 Å². The largest absolute Gasteiger partial charge is 0.243 e. The predicted octanol–water partition coefficient (Wildman–Crippen LogP) is 3.11. The van der Waals surface area contributed by atoms with Gasteiger partial charge in [0.1, 0.15) is 0 Å². The van der Waals surface area contributed by atoms with Gasteiger partial charge in [-0.3, -0.25) is 0 Å². The van der Waals surface area contributed by atoms with Crippen molar-refractivity contribution < 1.29 is 16.8 Å². The van der Waals surface area contributed by atoms with Crippen molar-refractivity contribution in [2.45, 2.75) is 30.9 Å². The van der Waals surface area contributed by atoms with Crippen LogP contribution in [0.15, 0.2) is 53.4 Å². The molecule has 1 fully saturated rings. The monoisotopic (exact) mass is 407 g/mol. The summed E-state index contributed by atoms with van der Waals surface area (Å²) in [5, 5.41) is -0.596. The third-order valence-corrected chi connectivity index (χ3v) is 9.06. The average Bonchev–Trinajstić information content (AvgIpc) is 2.52. The van der Waals surface area contributed by atoms with Gasteiger partial charge in [-0.15, -0.1) is 0 Å². The van der Waals surface area contributed by atoms with Crippen molar-refractivity contribution in [3.05, 3.63) is 54.1 Å². The lowest BCUT2D eigenvalue weighted by Gasteiger charge is -2.37. The first-order valence-electron chi connectivity index (χ1n) is 8.98. The van der Waals surface area contributed by atoms with E-state index >= 15 is 0 Å². The molecule has 3 rings (SSSR count). The number of benzene rings is 2. The minimum absolute atomic E-state index is 0.0370. The van der Waals surface area contributed by atoms with Gasteiger partial charge in [-0.25, -0.2) is 16.8 Å². The Bertz CT molecular complexity index is 1000. The summed E-state index contributed by atoms with van der Waals surface area (Å²) >= 11 is 0. The molecule has 2 aromatic rings. The molecule has 0 spiro atoms. The Hall–Kier alpha value is -1.70. The van der Waals surface area contributed by atoms with Gasteiger partial charge in [-0.05, 0) is 36.1 Å². The molecular formula is C20H25NO4S2. The predicted molar refractivity (Wildman–Crippen MR) is 108 cm³/mol. The van der Waals surface area contributed by atoms with Crippen molar-refractivity contribution in [1.82, 2.24) is 4.31 Å². The van der Waals surface area contributed by atoms with Crippen LogP contribution < -0.4 is 0 Å². The highest BCUT2D eigenvalue weighted by atomic mass is 32.2. The van der Waals surface area contributed by atoms with E-state index in [1.807, 2.05) is 45.0 Å². The Morgan fingerprint density at radius 1 is 0.889 bits per heavy atom. The zero-order chi connectivity index (χ0) is 19.8. The number of hydrogen-bond donors (Lipinski definition) is 0. The standard InChI is InChI=1S/C20H25NO4S2/c1-15(2)14-26(22,23)20-12-21(13-20)27(24,25)19-10-8-18(9-11-19)17-6-4-16(3)5-7-17/h4-11,15,20H,12-14H2,1-3H3. The second-order valence-corrected chi connectivity index (χ2v) is 11.8. The first kappa shape index (κ1) is 20.0. The van der Waals surface area contributed by atoms with Crippen LogP contribution in [0.25, 0.3) is 11.1 Å². The van der Waals surface area contributed by atoms with Crippen LogP contribution in [-0.4, -0.2) is 45.2 Å². The van der Waals surface area contributed by atoms with Crippen molar-refractivity contribution in [2.75, 3.05) is 18.8 Å². The highest BCUT2D eigenvalue weighted by Crippen LogP contribution is 2.28. The average molecular weight is 408 g/mol. The fourth-order valence-corrected chi connectivity index (χ4v) is 6.87. The van der Waals surface area contributed by atoms with Crippen LogP contribution >= 0.6 is 0 Å². The molecule has 0 saturated carbocycles. The van der Waals surface area contributed by atoms with E-state index in [0.717, 1.165) is 16.7 Å². The van der Waals surface area contributed by atoms with Crippen LogP contribution in [-0.2, 0) is 19.9 Å². The van der Waals surface area contributed by atoms with Gasteiger partial charge in [-0.1, -0.05) is 55.8 Å². The first-order valence-corrected chi connectivity index (χ1v) is 12.1. The number of rotatable bonds is 6. The lowest BCUT2D eigenvalue weighted by Crippen LogP contribution is -2.57. The maximum atomic E-state index is 12.7. The zero-order valence-corrected chi connectivity index (χ0v) is 17.4. The summed E-state index contributed by atoms with van der Waals surface area (Å²) in [7, 11) is -6.91. The molecule has 0 aliphatic carbocycles. The summed E-state index contributed by atoms with van der Waals surface area (Å²) in [5.41, 5.74) is 3.13. The molecule has 0 aromatic heterocycles. The fourth-order valence-electron chi connectivity index (χ4n) is 3.14. The van der Waals surface area contributed by atoms with E-state index in [9.17, 15) is 16.8 Å². The van der Waals surface area contributed by atoms with Gasteiger partial charge >= 0.3 is 0 Å². The normalized spacial score (nSPS) is 16.4. The number of sulfonamides is 1. The van der Waals surface area contributed by atoms with Crippen LogP contribution in [0, 0.1) is 12.8 Å². The maximum Gasteiger partial charge on any atom is 0.243 e. The highest BCUT2D eigenvalue weighted by Gasteiger charge is 2.43. The third kappa shape index (κ3) is 4.25. The SMILES string of the molecule is Cc1ccc(-c2ccc(S(=O)(=O)N3CC(S(=O)(=O)CC(C)C)C3)cc2)cc1. The van der Waals surface area contributed by atoms with E-state index in [2.05, 4.69) is 0 Å². The van der Waals surface area contributed by atoms with Crippen LogP contribution in [0.4, 0.5) is 0 Å². The second kappa shape index (κ2) is 7.37. The summed E-state index contributed by atoms with van der Waals surface area (Å²) in [6.07, 6.45) is 0. The van der Waals surface area contributed by atoms with Gasteiger partial charge in [0.15, 0.2) is 9.84 Å². The van der Waals surface area contributed by atoms with Crippen molar-refractivity contribution >= 4 is 19.9 Å². The molecule has 5 nitrogen and oxygen atoms in total. The van der Waals surface area contributed by atoms with E-state index in [1.54, 1.807) is 24.3 Å². The topological polar surface area (TPSA) is 71.5 Å². The molecule has 0 N–H and O–H groups in total. The fraction of sp³-hybridized carbons (Fsp3) is 0.400.